The lowest BCUT2D eigenvalue weighted by Gasteiger charge is -2.12. The van der Waals surface area contributed by atoms with Gasteiger partial charge < -0.3 is 4.74 Å². The Hall–Kier alpha value is -1.24. The van der Waals surface area contributed by atoms with Crippen molar-refractivity contribution in [2.45, 2.75) is 20.8 Å². The van der Waals surface area contributed by atoms with Crippen LogP contribution in [-0.2, 0) is 0 Å². The lowest BCUT2D eigenvalue weighted by Crippen LogP contribution is -2.05. The minimum atomic E-state index is 0.549. The minimum absolute atomic E-state index is 0.549. The van der Waals surface area contributed by atoms with Crippen LogP contribution in [0, 0.1) is 5.92 Å². The van der Waals surface area contributed by atoms with E-state index in [0.717, 1.165) is 23.5 Å². The quantitative estimate of drug-likeness (QED) is 0.702. The number of rotatable bonds is 4. The lowest BCUT2D eigenvalue weighted by atomic mass is 10.1. The molecule has 0 atom stereocenters. The van der Waals surface area contributed by atoms with Gasteiger partial charge in [-0.2, -0.15) is 0 Å². The molecule has 0 radical (unpaired) electrons. The zero-order chi connectivity index (χ0) is 10.6. The molecule has 0 aliphatic carbocycles. The first-order valence-corrected chi connectivity index (χ1v) is 4.99. The van der Waals surface area contributed by atoms with Crippen molar-refractivity contribution in [3.8, 4) is 5.75 Å². The van der Waals surface area contributed by atoms with Gasteiger partial charge in [0.05, 0.1) is 6.61 Å². The fourth-order valence-electron chi connectivity index (χ4n) is 1.20. The van der Waals surface area contributed by atoms with Gasteiger partial charge in [0, 0.05) is 5.56 Å². The summed E-state index contributed by atoms with van der Waals surface area (Å²) in [6, 6.07) is 8.03. The molecule has 0 bridgehead atoms. The van der Waals surface area contributed by atoms with E-state index in [4.69, 9.17) is 4.74 Å². The molecule has 14 heavy (non-hydrogen) atoms. The predicted octanol–water partition coefficient (Wildman–Crippen LogP) is 3.75. The Morgan fingerprint density at radius 3 is 2.57 bits per heavy atom. The first-order valence-electron chi connectivity index (χ1n) is 4.99. The second kappa shape index (κ2) is 4.85. The average Bonchev–Trinajstić information content (AvgIpc) is 2.15. The second-order valence-electron chi connectivity index (χ2n) is 3.98. The Balaban J connectivity index is 2.79. The zero-order valence-corrected chi connectivity index (χ0v) is 9.21. The molecule has 0 N–H and O–H groups in total. The summed E-state index contributed by atoms with van der Waals surface area (Å²) in [4.78, 5) is 0. The third-order valence-electron chi connectivity index (χ3n) is 1.92. The minimum Gasteiger partial charge on any atom is -0.493 e. The van der Waals surface area contributed by atoms with E-state index in [2.05, 4.69) is 20.4 Å². The zero-order valence-electron chi connectivity index (χ0n) is 9.21. The van der Waals surface area contributed by atoms with Gasteiger partial charge in [-0.1, -0.05) is 38.6 Å². The summed E-state index contributed by atoms with van der Waals surface area (Å²) in [5.74, 6) is 1.49. The van der Waals surface area contributed by atoms with Crippen molar-refractivity contribution in [3.63, 3.8) is 0 Å². The van der Waals surface area contributed by atoms with Crippen LogP contribution in [-0.4, -0.2) is 6.61 Å². The van der Waals surface area contributed by atoms with E-state index in [0.29, 0.717) is 5.92 Å². The fraction of sp³-hybridized carbons (Fsp3) is 0.385. The molecule has 0 spiro atoms. The predicted molar refractivity (Wildman–Crippen MR) is 61.5 cm³/mol. The van der Waals surface area contributed by atoms with Gasteiger partial charge in [0.25, 0.3) is 0 Å². The maximum atomic E-state index is 5.70. The Bertz CT molecular complexity index is 313. The van der Waals surface area contributed by atoms with Crippen LogP contribution in [0.2, 0.25) is 0 Å². The fourth-order valence-corrected chi connectivity index (χ4v) is 1.20. The largest absolute Gasteiger partial charge is 0.493 e. The van der Waals surface area contributed by atoms with E-state index < -0.39 is 0 Å². The van der Waals surface area contributed by atoms with Gasteiger partial charge in [-0.05, 0) is 24.5 Å². The normalized spacial score (nSPS) is 10.3. The SMILES string of the molecule is C=C(C)c1ccccc1OCC(C)C. The van der Waals surface area contributed by atoms with Gasteiger partial charge in [-0.3, -0.25) is 0 Å². The summed E-state index contributed by atoms with van der Waals surface area (Å²) in [7, 11) is 0. The summed E-state index contributed by atoms with van der Waals surface area (Å²) in [5, 5.41) is 0. The van der Waals surface area contributed by atoms with E-state index in [-0.39, 0.29) is 0 Å². The summed E-state index contributed by atoms with van der Waals surface area (Å²) >= 11 is 0. The highest BCUT2D eigenvalue weighted by atomic mass is 16.5. The van der Waals surface area contributed by atoms with Crippen molar-refractivity contribution in [2.24, 2.45) is 5.92 Å². The lowest BCUT2D eigenvalue weighted by molar-refractivity contribution is 0.270. The third-order valence-corrected chi connectivity index (χ3v) is 1.92. The van der Waals surface area contributed by atoms with E-state index in [9.17, 15) is 0 Å². The molecule has 0 saturated heterocycles. The second-order valence-corrected chi connectivity index (χ2v) is 3.98. The highest BCUT2D eigenvalue weighted by Gasteiger charge is 2.03. The average molecular weight is 190 g/mol. The van der Waals surface area contributed by atoms with E-state index in [1.807, 2.05) is 31.2 Å². The first kappa shape index (κ1) is 10.8. The van der Waals surface area contributed by atoms with Crippen LogP contribution in [0.3, 0.4) is 0 Å². The van der Waals surface area contributed by atoms with Crippen LogP contribution >= 0.6 is 0 Å². The van der Waals surface area contributed by atoms with E-state index >= 15 is 0 Å². The Labute approximate surface area is 86.4 Å². The molecule has 1 nitrogen and oxygen atoms in total. The highest BCUT2D eigenvalue weighted by Crippen LogP contribution is 2.24. The molecule has 0 saturated carbocycles. The molecule has 1 heteroatoms. The van der Waals surface area contributed by atoms with Crippen LogP contribution in [0.5, 0.6) is 5.75 Å². The summed E-state index contributed by atoms with van der Waals surface area (Å²) in [6.07, 6.45) is 0. The molecule has 0 amide bonds. The molecule has 1 rings (SSSR count). The van der Waals surface area contributed by atoms with Crippen LogP contribution in [0.15, 0.2) is 30.8 Å². The van der Waals surface area contributed by atoms with Crippen molar-refractivity contribution >= 4 is 5.57 Å². The highest BCUT2D eigenvalue weighted by molar-refractivity contribution is 5.66. The topological polar surface area (TPSA) is 9.23 Å². The monoisotopic (exact) mass is 190 g/mol. The van der Waals surface area contributed by atoms with Crippen LogP contribution in [0.1, 0.15) is 26.3 Å². The number of hydrogen-bond acceptors (Lipinski definition) is 1. The van der Waals surface area contributed by atoms with Crippen molar-refractivity contribution < 1.29 is 4.74 Å². The number of hydrogen-bond donors (Lipinski definition) is 0. The van der Waals surface area contributed by atoms with Gasteiger partial charge in [0.15, 0.2) is 0 Å². The first-order chi connectivity index (χ1) is 6.61. The smallest absolute Gasteiger partial charge is 0.126 e. The van der Waals surface area contributed by atoms with Crippen molar-refractivity contribution in [1.82, 2.24) is 0 Å². The molecule has 76 valence electrons. The maximum Gasteiger partial charge on any atom is 0.126 e. The Morgan fingerprint density at radius 1 is 1.36 bits per heavy atom. The molecule has 0 fully saturated rings. The summed E-state index contributed by atoms with van der Waals surface area (Å²) in [5.41, 5.74) is 2.15. The van der Waals surface area contributed by atoms with E-state index in [1.54, 1.807) is 0 Å². The number of para-hydroxylation sites is 1. The molecule has 0 aliphatic rings. The molecule has 1 aromatic rings. The van der Waals surface area contributed by atoms with Crippen LogP contribution in [0.4, 0.5) is 0 Å². The summed E-state index contributed by atoms with van der Waals surface area (Å²) in [6.45, 7) is 11.0. The number of benzene rings is 1. The van der Waals surface area contributed by atoms with Crippen LogP contribution < -0.4 is 4.74 Å². The van der Waals surface area contributed by atoms with Crippen molar-refractivity contribution in [2.75, 3.05) is 6.61 Å². The van der Waals surface area contributed by atoms with Gasteiger partial charge in [0.2, 0.25) is 0 Å². The van der Waals surface area contributed by atoms with Gasteiger partial charge in [0.1, 0.15) is 5.75 Å². The molecular formula is C13H18O. The third kappa shape index (κ3) is 2.91. The molecule has 0 heterocycles. The molecule has 0 aromatic heterocycles. The van der Waals surface area contributed by atoms with E-state index in [1.165, 1.54) is 0 Å². The van der Waals surface area contributed by atoms with Crippen molar-refractivity contribution in [3.05, 3.63) is 36.4 Å². The van der Waals surface area contributed by atoms with Gasteiger partial charge >= 0.3 is 0 Å². The molecule has 0 aliphatic heterocycles. The van der Waals surface area contributed by atoms with Gasteiger partial charge in [-0.25, -0.2) is 0 Å². The number of allylic oxidation sites excluding steroid dienone is 1. The van der Waals surface area contributed by atoms with Gasteiger partial charge in [-0.15, -0.1) is 0 Å². The molecular weight excluding hydrogens is 172 g/mol. The molecule has 0 unspecified atom stereocenters. The Kier molecular flexibility index (Phi) is 3.75. The molecule has 1 aromatic carbocycles. The number of ether oxygens (including phenoxy) is 1. The summed E-state index contributed by atoms with van der Waals surface area (Å²) < 4.78 is 5.70. The van der Waals surface area contributed by atoms with Crippen molar-refractivity contribution in [1.29, 1.82) is 0 Å². The standard InChI is InChI=1S/C13H18O/c1-10(2)9-14-13-8-6-5-7-12(13)11(3)4/h5-8,10H,3,9H2,1-2,4H3. The Morgan fingerprint density at radius 2 is 2.00 bits per heavy atom. The maximum absolute atomic E-state index is 5.70. The van der Waals surface area contributed by atoms with Crippen LogP contribution in [0.25, 0.3) is 5.57 Å².